The van der Waals surface area contributed by atoms with Gasteiger partial charge in [0.2, 0.25) is 0 Å². The summed E-state index contributed by atoms with van der Waals surface area (Å²) >= 11 is 0. The molecule has 4 saturated heterocycles. The maximum absolute atomic E-state index is 13.1. The largest absolute Gasteiger partial charge is 0.481 e. The van der Waals surface area contributed by atoms with Crippen LogP contribution in [0.25, 0.3) is 0 Å². The third-order valence-corrected chi connectivity index (χ3v) is 17.3. The molecule has 14 N–H and O–H groups in total. The van der Waals surface area contributed by atoms with Gasteiger partial charge < -0.3 is 119 Å². The molecule has 28 heteroatoms. The molecule has 82 heavy (non-hydrogen) atoms. The second-order valence-corrected chi connectivity index (χ2v) is 23.2. The molecule has 0 aromatic rings. The minimum Gasteiger partial charge on any atom is -0.481 e. The van der Waals surface area contributed by atoms with Crippen LogP contribution in [-0.2, 0) is 66.5 Å². The van der Waals surface area contributed by atoms with Crippen LogP contribution in [0, 0.1) is 23.7 Å². The number of aliphatic hydroxyl groups is 13. The number of rotatable bonds is 19. The van der Waals surface area contributed by atoms with Gasteiger partial charge in [0.1, 0.15) is 99.5 Å². The van der Waals surface area contributed by atoms with E-state index < -0.39 is 209 Å². The first-order valence-electron chi connectivity index (χ1n) is 28.5. The summed E-state index contributed by atoms with van der Waals surface area (Å²) in [5.41, 5.74) is 0. The van der Waals surface area contributed by atoms with Crippen molar-refractivity contribution in [3.05, 3.63) is 24.3 Å². The molecule has 0 aromatic heterocycles. The van der Waals surface area contributed by atoms with Crippen LogP contribution in [-0.4, -0.2) is 262 Å². The molecule has 466 valence electrons. The van der Waals surface area contributed by atoms with E-state index in [-0.39, 0.29) is 50.4 Å². The molecular weight excluding hydrogens is 1100 g/mol. The molecule has 9 unspecified atom stereocenters. The Hall–Kier alpha value is -3.44. The Balaban J connectivity index is 1.04. The van der Waals surface area contributed by atoms with Gasteiger partial charge in [-0.2, -0.15) is 0 Å². The van der Waals surface area contributed by atoms with E-state index >= 15 is 0 Å². The van der Waals surface area contributed by atoms with Crippen LogP contribution in [0.2, 0.25) is 0 Å². The van der Waals surface area contributed by atoms with E-state index in [1.165, 1.54) is 12.2 Å². The van der Waals surface area contributed by atoms with Gasteiger partial charge in [-0.05, 0) is 101 Å². The van der Waals surface area contributed by atoms with Crippen molar-refractivity contribution < 1.29 is 138 Å². The van der Waals surface area contributed by atoms with Crippen LogP contribution in [0.4, 0.5) is 0 Å². The normalized spacial score (nSPS) is 45.7. The zero-order valence-corrected chi connectivity index (χ0v) is 45.2. The molecule has 4 aliphatic carbocycles. The van der Waals surface area contributed by atoms with Gasteiger partial charge in [-0.1, -0.05) is 12.2 Å². The summed E-state index contributed by atoms with van der Waals surface area (Å²) in [6, 6.07) is 0. The number of aliphatic hydroxyl groups excluding tert-OH is 13. The van der Waals surface area contributed by atoms with Gasteiger partial charge >= 0.3 is 23.9 Å². The highest BCUT2D eigenvalue weighted by atomic mass is 16.8. The summed E-state index contributed by atoms with van der Waals surface area (Å²) in [7, 11) is 0. The Bertz CT molecular complexity index is 2140. The SMILES string of the molecule is O=C(O)CC(=O)OC[C@H]1O[C@@H](OC2CC(O)CC3OC(C4CCC(O)C(O)C4)C(O[C@@H]4O[C@H](COC(=O)C=CC5CCC(O)CC5)[C@@H](O)[C@H](O)[C@H]4O[C@@H]4O[C@H](COC(=O)C=CC5CCC(O)CC5)[C@@H](O)[C@H](O)[C@H]4O)CC32)[C@H](O)[C@@H](O)[C@@H]1O. The number of hydrogen-bond acceptors (Lipinski definition) is 27. The number of esters is 3. The van der Waals surface area contributed by atoms with Gasteiger partial charge in [-0.15, -0.1) is 0 Å². The minimum atomic E-state index is -2.06. The lowest BCUT2D eigenvalue weighted by Crippen LogP contribution is -2.66. The van der Waals surface area contributed by atoms with Gasteiger partial charge in [-0.3, -0.25) is 9.59 Å². The van der Waals surface area contributed by atoms with Crippen molar-refractivity contribution in [1.29, 1.82) is 0 Å². The van der Waals surface area contributed by atoms with Crippen molar-refractivity contribution in [3.63, 3.8) is 0 Å². The molecule has 4 saturated carbocycles. The molecule has 28 nitrogen and oxygen atoms in total. The predicted molar refractivity (Wildman–Crippen MR) is 269 cm³/mol. The smallest absolute Gasteiger partial charge is 0.330 e. The standard InChI is InChI=1S/C54H82O28/c55-26-8-1-23(2-9-26)5-13-39(62)73-20-35-42(65)46(69)49(72)53(80-35)82-51-47(70)44(67)37(21-74-40(63)14-6-24-3-10-27(56)11-4-24)81-54(51)78-34-18-29-32(76-50(34)25-7-12-30(58)31(59)15-25)16-28(57)17-33(29)77-52-48(71)45(68)43(66)36(79-52)22-75-41(64)19-38(60)61/h5-6,13-14,23-37,42-59,65-72H,1-4,7-12,15-22H2,(H,60,61)/t23?,24?,25?,26?,27?,28?,29?,30?,31?,32?,33?,34?,35-,36-,37-,42-,43-,44-,45+,46+,47+,48-,49-,50?,51-,52-,53+,54-/m1/s1. The van der Waals surface area contributed by atoms with Crippen molar-refractivity contribution in [2.75, 3.05) is 19.8 Å². The van der Waals surface area contributed by atoms with E-state index in [1.54, 1.807) is 12.2 Å². The summed E-state index contributed by atoms with van der Waals surface area (Å²) in [6.45, 7) is -2.09. The van der Waals surface area contributed by atoms with Gasteiger partial charge in [-0.25, -0.2) is 9.59 Å². The maximum atomic E-state index is 13.1. The molecule has 0 radical (unpaired) electrons. The third kappa shape index (κ3) is 16.5. The Morgan fingerprint density at radius 1 is 0.439 bits per heavy atom. The van der Waals surface area contributed by atoms with E-state index in [4.69, 9.17) is 52.5 Å². The minimum absolute atomic E-state index is 0.00965. The second kappa shape index (κ2) is 29.3. The molecule has 0 bridgehead atoms. The molecule has 0 amide bonds. The molecule has 4 heterocycles. The van der Waals surface area contributed by atoms with E-state index in [2.05, 4.69) is 0 Å². The van der Waals surface area contributed by atoms with Crippen molar-refractivity contribution in [3.8, 4) is 0 Å². The monoisotopic (exact) mass is 1180 g/mol. The number of carboxylic acid groups (broad SMARTS) is 1. The first-order valence-corrected chi connectivity index (χ1v) is 28.5. The number of aliphatic carboxylic acids is 1. The van der Waals surface area contributed by atoms with Crippen LogP contribution in [0.3, 0.4) is 0 Å². The highest BCUT2D eigenvalue weighted by Gasteiger charge is 2.56. The third-order valence-electron chi connectivity index (χ3n) is 17.3. The molecule has 4 aliphatic heterocycles. The van der Waals surface area contributed by atoms with E-state index in [0.29, 0.717) is 51.4 Å². The fourth-order valence-electron chi connectivity index (χ4n) is 12.5. The van der Waals surface area contributed by atoms with Crippen molar-refractivity contribution in [1.82, 2.24) is 0 Å². The number of ether oxygens (including phenoxy) is 10. The van der Waals surface area contributed by atoms with Gasteiger partial charge in [0, 0.05) is 24.5 Å². The summed E-state index contributed by atoms with van der Waals surface area (Å²) in [6.07, 6.45) is -26.5. The first-order chi connectivity index (χ1) is 39.0. The second-order valence-electron chi connectivity index (χ2n) is 23.2. The number of carbonyl (C=O) groups is 4. The van der Waals surface area contributed by atoms with Gasteiger partial charge in [0.15, 0.2) is 18.9 Å². The summed E-state index contributed by atoms with van der Waals surface area (Å²) in [5.74, 6) is -5.71. The highest BCUT2D eigenvalue weighted by molar-refractivity contribution is 5.90. The molecule has 24 atom stereocenters. The first kappa shape index (κ1) is 64.6. The average molecular weight is 1180 g/mol. The molecule has 8 aliphatic rings. The van der Waals surface area contributed by atoms with Crippen LogP contribution in [0.5, 0.6) is 0 Å². The number of allylic oxidation sites excluding steroid dienone is 2. The Morgan fingerprint density at radius 3 is 1.45 bits per heavy atom. The van der Waals surface area contributed by atoms with Crippen LogP contribution in [0.1, 0.15) is 96.3 Å². The number of carbonyl (C=O) groups excluding carboxylic acids is 3. The lowest BCUT2D eigenvalue weighted by Gasteiger charge is -2.53. The number of fused-ring (bicyclic) bond motifs is 1. The van der Waals surface area contributed by atoms with Crippen LogP contribution < -0.4 is 0 Å². The topological polar surface area (TPSA) is 444 Å². The quantitative estimate of drug-likeness (QED) is 0.0253. The lowest BCUT2D eigenvalue weighted by molar-refractivity contribution is -0.380. The summed E-state index contributed by atoms with van der Waals surface area (Å²) in [4.78, 5) is 49.0. The van der Waals surface area contributed by atoms with Gasteiger partial charge in [0.25, 0.3) is 0 Å². The molecule has 0 aromatic carbocycles. The van der Waals surface area contributed by atoms with E-state index in [1.807, 2.05) is 0 Å². The lowest BCUT2D eigenvalue weighted by atomic mass is 9.72. The average Bonchev–Trinajstić information content (AvgIpc) is 2.58. The Morgan fingerprint density at radius 2 is 0.927 bits per heavy atom. The van der Waals surface area contributed by atoms with Gasteiger partial charge in [0.05, 0.1) is 54.9 Å². The fraction of sp³-hybridized carbons (Fsp3) is 0.852. The number of carboxylic acids is 1. The molecule has 0 spiro atoms. The highest BCUT2D eigenvalue weighted by Crippen LogP contribution is 2.45. The van der Waals surface area contributed by atoms with Crippen LogP contribution in [0.15, 0.2) is 24.3 Å². The van der Waals surface area contributed by atoms with Crippen molar-refractivity contribution in [2.24, 2.45) is 23.7 Å². The molecule has 8 rings (SSSR count). The van der Waals surface area contributed by atoms with E-state index in [0.717, 1.165) is 0 Å². The Kier molecular flexibility index (Phi) is 23.1. The van der Waals surface area contributed by atoms with E-state index in [9.17, 15) is 85.6 Å². The fourth-order valence-corrected chi connectivity index (χ4v) is 12.5. The summed E-state index contributed by atoms with van der Waals surface area (Å²) < 4.78 is 59.8. The molecular formula is C54H82O28. The summed E-state index contributed by atoms with van der Waals surface area (Å²) in [5, 5.41) is 151. The maximum Gasteiger partial charge on any atom is 0.330 e. The van der Waals surface area contributed by atoms with Crippen molar-refractivity contribution >= 4 is 23.9 Å². The number of hydrogen-bond donors (Lipinski definition) is 14. The zero-order chi connectivity index (χ0) is 59.1. The van der Waals surface area contributed by atoms with Crippen LogP contribution >= 0.6 is 0 Å². The zero-order valence-electron chi connectivity index (χ0n) is 45.2. The predicted octanol–water partition coefficient (Wildman–Crippen LogP) is -4.03. The molecule has 8 fully saturated rings. The Labute approximate surface area is 472 Å². The van der Waals surface area contributed by atoms with Crippen molar-refractivity contribution in [2.45, 2.75) is 243 Å².